The molecular weight excluding hydrogens is 240 g/mol. The Morgan fingerprint density at radius 1 is 1.57 bits per heavy atom. The first kappa shape index (κ1) is 9.97. The second-order valence-electron chi connectivity index (χ2n) is 3.91. The Kier molecular flexibility index (Phi) is 3.06. The van der Waals surface area contributed by atoms with Crippen molar-refractivity contribution in [1.82, 2.24) is 9.78 Å². The van der Waals surface area contributed by atoms with Crippen LogP contribution in [0.1, 0.15) is 31.7 Å². The van der Waals surface area contributed by atoms with E-state index in [2.05, 4.69) is 27.6 Å². The topological polar surface area (TPSA) is 17.8 Å². The third-order valence-corrected chi connectivity index (χ3v) is 3.41. The highest BCUT2D eigenvalue weighted by Gasteiger charge is 2.24. The Labute approximate surface area is 93.1 Å². The van der Waals surface area contributed by atoms with Gasteiger partial charge in [0, 0.05) is 6.20 Å². The zero-order valence-corrected chi connectivity index (χ0v) is 9.78. The smallest absolute Gasteiger partial charge is 0.0725 e. The summed E-state index contributed by atoms with van der Waals surface area (Å²) in [5.74, 6) is 0.735. The molecule has 0 radical (unpaired) electrons. The molecule has 2 rings (SSSR count). The summed E-state index contributed by atoms with van der Waals surface area (Å²) in [4.78, 5) is 0. The monoisotopic (exact) mass is 254 g/mol. The third-order valence-electron chi connectivity index (χ3n) is 3.00. The molecule has 0 saturated heterocycles. The second kappa shape index (κ2) is 4.30. The van der Waals surface area contributed by atoms with Crippen LogP contribution in [0.4, 0.5) is 0 Å². The van der Waals surface area contributed by atoms with Crippen LogP contribution >= 0.6 is 15.9 Å². The fourth-order valence-corrected chi connectivity index (χ4v) is 2.59. The van der Waals surface area contributed by atoms with Crippen molar-refractivity contribution in [3.63, 3.8) is 0 Å². The molecule has 1 saturated carbocycles. The number of halogens is 1. The summed E-state index contributed by atoms with van der Waals surface area (Å²) >= 11 is 3.42. The molecule has 1 fully saturated rings. The highest BCUT2D eigenvalue weighted by Crippen LogP contribution is 2.34. The molecular formula is C11H15BrN2. The molecule has 1 aromatic heterocycles. The molecule has 0 aromatic carbocycles. The molecule has 1 unspecified atom stereocenters. The van der Waals surface area contributed by atoms with Crippen molar-refractivity contribution in [3.05, 3.63) is 29.5 Å². The van der Waals surface area contributed by atoms with Crippen molar-refractivity contribution < 1.29 is 0 Å². The first-order valence-electron chi connectivity index (χ1n) is 5.13. The molecule has 3 heteroatoms. The quantitative estimate of drug-likeness (QED) is 0.755. The van der Waals surface area contributed by atoms with E-state index >= 15 is 0 Å². The normalized spacial score (nSPS) is 19.8. The van der Waals surface area contributed by atoms with Crippen LogP contribution in [0.5, 0.6) is 0 Å². The highest BCUT2D eigenvalue weighted by molar-refractivity contribution is 9.10. The van der Waals surface area contributed by atoms with Crippen LogP contribution in [0.15, 0.2) is 29.5 Å². The highest BCUT2D eigenvalue weighted by atomic mass is 79.9. The van der Waals surface area contributed by atoms with Gasteiger partial charge in [-0.25, -0.2) is 0 Å². The maximum absolute atomic E-state index is 4.33. The van der Waals surface area contributed by atoms with E-state index in [9.17, 15) is 0 Å². The lowest BCUT2D eigenvalue weighted by Gasteiger charge is -2.19. The molecule has 14 heavy (non-hydrogen) atoms. The zero-order valence-electron chi connectivity index (χ0n) is 8.19. The van der Waals surface area contributed by atoms with Gasteiger partial charge in [0.25, 0.3) is 0 Å². The fourth-order valence-electron chi connectivity index (χ4n) is 2.29. The molecule has 1 heterocycles. The zero-order chi connectivity index (χ0) is 9.97. The predicted molar refractivity (Wildman–Crippen MR) is 61.1 cm³/mol. The van der Waals surface area contributed by atoms with E-state index in [4.69, 9.17) is 0 Å². The van der Waals surface area contributed by atoms with E-state index in [1.807, 2.05) is 23.2 Å². The molecule has 2 nitrogen and oxygen atoms in total. The summed E-state index contributed by atoms with van der Waals surface area (Å²) in [6, 6.07) is 0.379. The standard InChI is InChI=1S/C11H15BrN2/c1-2-11(9-5-3-4-6-9)14-8-10(12)7-13-14/h2,7-9,11H,1,3-6H2. The first-order chi connectivity index (χ1) is 6.81. The lowest BCUT2D eigenvalue weighted by Crippen LogP contribution is -2.15. The number of rotatable bonds is 3. The Morgan fingerprint density at radius 3 is 2.79 bits per heavy atom. The molecule has 1 atom stereocenters. The minimum absolute atomic E-state index is 0.379. The number of hydrogen-bond donors (Lipinski definition) is 0. The molecule has 0 bridgehead atoms. The minimum atomic E-state index is 0.379. The van der Waals surface area contributed by atoms with Crippen molar-refractivity contribution in [3.8, 4) is 0 Å². The Balaban J connectivity index is 2.16. The van der Waals surface area contributed by atoms with Gasteiger partial charge in [0.15, 0.2) is 0 Å². The van der Waals surface area contributed by atoms with E-state index in [0.29, 0.717) is 6.04 Å². The lowest BCUT2D eigenvalue weighted by molar-refractivity contribution is 0.370. The molecule has 0 amide bonds. The van der Waals surface area contributed by atoms with Crippen molar-refractivity contribution in [1.29, 1.82) is 0 Å². The SMILES string of the molecule is C=CC(C1CCCC1)n1cc(Br)cn1. The van der Waals surface area contributed by atoms with Crippen LogP contribution in [0.2, 0.25) is 0 Å². The summed E-state index contributed by atoms with van der Waals surface area (Å²) < 4.78 is 3.06. The van der Waals surface area contributed by atoms with Crippen molar-refractivity contribution >= 4 is 15.9 Å². The Bertz CT molecular complexity index is 313. The number of hydrogen-bond acceptors (Lipinski definition) is 1. The Morgan fingerprint density at radius 2 is 2.29 bits per heavy atom. The summed E-state index contributed by atoms with van der Waals surface area (Å²) in [6.07, 6.45) is 11.2. The first-order valence-corrected chi connectivity index (χ1v) is 5.93. The van der Waals surface area contributed by atoms with Crippen molar-refractivity contribution in [2.24, 2.45) is 5.92 Å². The molecule has 0 spiro atoms. The van der Waals surface area contributed by atoms with Gasteiger partial charge in [-0.1, -0.05) is 18.9 Å². The van der Waals surface area contributed by atoms with Crippen LogP contribution in [0.3, 0.4) is 0 Å². The molecule has 0 aliphatic heterocycles. The molecule has 0 N–H and O–H groups in total. The van der Waals surface area contributed by atoms with Gasteiger partial charge in [-0.2, -0.15) is 5.10 Å². The predicted octanol–water partition coefficient (Wildman–Crippen LogP) is 3.56. The fraction of sp³-hybridized carbons (Fsp3) is 0.545. The third kappa shape index (κ3) is 1.92. The van der Waals surface area contributed by atoms with Gasteiger partial charge >= 0.3 is 0 Å². The van der Waals surface area contributed by atoms with E-state index < -0.39 is 0 Å². The number of allylic oxidation sites excluding steroid dienone is 1. The van der Waals surface area contributed by atoms with E-state index in [-0.39, 0.29) is 0 Å². The van der Waals surface area contributed by atoms with Gasteiger partial charge in [-0.05, 0) is 34.7 Å². The van der Waals surface area contributed by atoms with Crippen molar-refractivity contribution in [2.75, 3.05) is 0 Å². The molecule has 1 aliphatic carbocycles. The van der Waals surface area contributed by atoms with E-state index in [0.717, 1.165) is 10.4 Å². The maximum Gasteiger partial charge on any atom is 0.0725 e. The van der Waals surface area contributed by atoms with E-state index in [1.165, 1.54) is 25.7 Å². The summed E-state index contributed by atoms with van der Waals surface area (Å²) in [6.45, 7) is 3.92. The molecule has 76 valence electrons. The number of nitrogens with zero attached hydrogens (tertiary/aromatic N) is 2. The average Bonchev–Trinajstić information content (AvgIpc) is 2.79. The van der Waals surface area contributed by atoms with Gasteiger partial charge < -0.3 is 0 Å². The summed E-state index contributed by atoms with van der Waals surface area (Å²) in [5, 5.41) is 4.33. The van der Waals surface area contributed by atoms with Gasteiger partial charge in [0.05, 0.1) is 16.7 Å². The molecule has 1 aliphatic rings. The van der Waals surface area contributed by atoms with Crippen LogP contribution in [-0.2, 0) is 0 Å². The maximum atomic E-state index is 4.33. The largest absolute Gasteiger partial charge is 0.264 e. The summed E-state index contributed by atoms with van der Waals surface area (Å²) in [7, 11) is 0. The van der Waals surface area contributed by atoms with E-state index in [1.54, 1.807) is 0 Å². The van der Waals surface area contributed by atoms with Crippen LogP contribution in [0.25, 0.3) is 0 Å². The molecule has 1 aromatic rings. The Hall–Kier alpha value is -0.570. The number of aromatic nitrogens is 2. The van der Waals surface area contributed by atoms with Crippen LogP contribution < -0.4 is 0 Å². The van der Waals surface area contributed by atoms with Crippen LogP contribution in [-0.4, -0.2) is 9.78 Å². The summed E-state index contributed by atoms with van der Waals surface area (Å²) in [5.41, 5.74) is 0. The average molecular weight is 255 g/mol. The lowest BCUT2D eigenvalue weighted by atomic mass is 9.98. The minimum Gasteiger partial charge on any atom is -0.264 e. The van der Waals surface area contributed by atoms with Crippen LogP contribution in [0, 0.1) is 5.92 Å². The van der Waals surface area contributed by atoms with Gasteiger partial charge in [-0.15, -0.1) is 6.58 Å². The van der Waals surface area contributed by atoms with Gasteiger partial charge in [0.1, 0.15) is 0 Å². The van der Waals surface area contributed by atoms with Crippen molar-refractivity contribution in [2.45, 2.75) is 31.7 Å². The second-order valence-corrected chi connectivity index (χ2v) is 4.83. The van der Waals surface area contributed by atoms with Gasteiger partial charge in [-0.3, -0.25) is 4.68 Å². The van der Waals surface area contributed by atoms with Gasteiger partial charge in [0.2, 0.25) is 0 Å².